The van der Waals surface area contributed by atoms with E-state index in [9.17, 15) is 14.0 Å². The maximum Gasteiger partial charge on any atom is 0.179 e. The van der Waals surface area contributed by atoms with Crippen LogP contribution in [0.4, 0.5) is 4.39 Å². The van der Waals surface area contributed by atoms with Crippen molar-refractivity contribution >= 4 is 23.2 Å². The van der Waals surface area contributed by atoms with Crippen LogP contribution in [-0.4, -0.2) is 22.8 Å². The Morgan fingerprint density at radius 2 is 1.55 bits per heavy atom. The van der Waals surface area contributed by atoms with Crippen molar-refractivity contribution in [1.29, 1.82) is 0 Å². The van der Waals surface area contributed by atoms with Crippen molar-refractivity contribution in [2.75, 3.05) is 0 Å². The zero-order valence-corrected chi connectivity index (χ0v) is 17.9. The molecule has 2 aromatic rings. The number of halogens is 2. The molecule has 0 radical (unpaired) electrons. The Hall–Kier alpha value is -2.24. The third-order valence-electron chi connectivity index (χ3n) is 5.16. The van der Waals surface area contributed by atoms with Gasteiger partial charge in [0, 0.05) is 6.07 Å². The second-order valence-corrected chi connectivity index (χ2v) is 8.58. The molecule has 1 saturated heterocycles. The number of carbonyl (C=O) groups excluding carboxylic acids is 2. The molecule has 3 rings (SSSR count). The summed E-state index contributed by atoms with van der Waals surface area (Å²) in [5.74, 6) is -1.25. The summed E-state index contributed by atoms with van der Waals surface area (Å²) in [5.41, 5.74) is -0.685. The summed E-state index contributed by atoms with van der Waals surface area (Å²) in [6.45, 7) is 8.70. The molecule has 6 heteroatoms. The fourth-order valence-corrected chi connectivity index (χ4v) is 3.91. The molecule has 0 amide bonds. The van der Waals surface area contributed by atoms with Crippen LogP contribution in [0, 0.1) is 5.82 Å². The topological polar surface area (TPSA) is 52.6 Å². The lowest BCUT2D eigenvalue weighted by atomic mass is 9.73. The van der Waals surface area contributed by atoms with E-state index in [0.717, 1.165) is 5.56 Å². The summed E-state index contributed by atoms with van der Waals surface area (Å²) in [7, 11) is 0. The number of carbonyl (C=O) groups is 2. The van der Waals surface area contributed by atoms with Crippen LogP contribution in [0.5, 0.6) is 11.5 Å². The Labute approximate surface area is 175 Å². The predicted molar refractivity (Wildman–Crippen MR) is 109 cm³/mol. The van der Waals surface area contributed by atoms with E-state index in [-0.39, 0.29) is 16.6 Å². The summed E-state index contributed by atoms with van der Waals surface area (Å²) >= 11 is 5.82. The van der Waals surface area contributed by atoms with Gasteiger partial charge in [0.25, 0.3) is 0 Å². The van der Waals surface area contributed by atoms with E-state index < -0.39 is 22.9 Å². The normalized spacial score (nSPS) is 18.7. The minimum absolute atomic E-state index is 0.0498. The van der Waals surface area contributed by atoms with E-state index >= 15 is 0 Å². The van der Waals surface area contributed by atoms with Gasteiger partial charge in [0.15, 0.2) is 11.6 Å². The molecule has 29 heavy (non-hydrogen) atoms. The second kappa shape index (κ2) is 7.54. The number of benzene rings is 2. The summed E-state index contributed by atoms with van der Waals surface area (Å²) in [4.78, 5) is 26.2. The maximum absolute atomic E-state index is 13.4. The SMILES string of the molecule is CCc1ccc(Oc2ccc(F)c(Cl)c2)cc1C1C(=O)C(C)(C)OC(C)(C)C1=O. The van der Waals surface area contributed by atoms with Gasteiger partial charge in [-0.3, -0.25) is 9.59 Å². The first kappa shape index (κ1) is 21.5. The number of ether oxygens (including phenoxy) is 2. The quantitative estimate of drug-likeness (QED) is 0.602. The first-order chi connectivity index (χ1) is 13.5. The fraction of sp³-hybridized carbons (Fsp3) is 0.391. The van der Waals surface area contributed by atoms with Crippen LogP contribution in [0.3, 0.4) is 0 Å². The molecule has 0 unspecified atom stereocenters. The van der Waals surface area contributed by atoms with Crippen molar-refractivity contribution in [2.45, 2.75) is 58.2 Å². The van der Waals surface area contributed by atoms with Crippen molar-refractivity contribution in [2.24, 2.45) is 0 Å². The minimum Gasteiger partial charge on any atom is -0.457 e. The van der Waals surface area contributed by atoms with Crippen LogP contribution in [-0.2, 0) is 20.7 Å². The fourth-order valence-electron chi connectivity index (χ4n) is 3.74. The van der Waals surface area contributed by atoms with Gasteiger partial charge in [0.05, 0.1) is 5.02 Å². The highest BCUT2D eigenvalue weighted by molar-refractivity contribution is 6.30. The highest BCUT2D eigenvalue weighted by Gasteiger charge is 2.53. The molecule has 0 N–H and O–H groups in total. The molecule has 1 fully saturated rings. The number of hydrogen-bond donors (Lipinski definition) is 0. The number of ketones is 2. The Kier molecular flexibility index (Phi) is 5.58. The largest absolute Gasteiger partial charge is 0.457 e. The van der Waals surface area contributed by atoms with Gasteiger partial charge in [-0.15, -0.1) is 0 Å². The molecule has 0 bridgehead atoms. The lowest BCUT2D eigenvalue weighted by molar-refractivity contribution is -0.184. The van der Waals surface area contributed by atoms with Crippen LogP contribution < -0.4 is 4.74 Å². The van der Waals surface area contributed by atoms with Crippen LogP contribution in [0.1, 0.15) is 51.7 Å². The Morgan fingerprint density at radius 1 is 1.00 bits per heavy atom. The van der Waals surface area contributed by atoms with Crippen LogP contribution in [0.15, 0.2) is 36.4 Å². The van der Waals surface area contributed by atoms with Gasteiger partial charge in [-0.2, -0.15) is 0 Å². The summed E-state index contributed by atoms with van der Waals surface area (Å²) in [6.07, 6.45) is 0.650. The summed E-state index contributed by atoms with van der Waals surface area (Å²) in [6, 6.07) is 9.35. The predicted octanol–water partition coefficient (Wildman–Crippen LogP) is 5.64. The van der Waals surface area contributed by atoms with Gasteiger partial charge in [0.2, 0.25) is 0 Å². The van der Waals surface area contributed by atoms with Crippen LogP contribution >= 0.6 is 11.6 Å². The lowest BCUT2D eigenvalue weighted by Crippen LogP contribution is -2.58. The lowest BCUT2D eigenvalue weighted by Gasteiger charge is -2.43. The maximum atomic E-state index is 13.4. The molecule has 154 valence electrons. The first-order valence-electron chi connectivity index (χ1n) is 9.51. The molecule has 4 nitrogen and oxygen atoms in total. The van der Waals surface area contributed by atoms with Crippen LogP contribution in [0.2, 0.25) is 5.02 Å². The monoisotopic (exact) mass is 418 g/mol. The highest BCUT2D eigenvalue weighted by atomic mass is 35.5. The molecule has 1 heterocycles. The van der Waals surface area contributed by atoms with Crippen molar-refractivity contribution < 1.29 is 23.5 Å². The van der Waals surface area contributed by atoms with E-state index in [4.69, 9.17) is 21.1 Å². The third-order valence-corrected chi connectivity index (χ3v) is 5.45. The number of rotatable bonds is 4. The molecule has 2 aromatic carbocycles. The van der Waals surface area contributed by atoms with Gasteiger partial charge in [0.1, 0.15) is 34.4 Å². The molecular formula is C23H24ClFO4. The van der Waals surface area contributed by atoms with E-state index in [0.29, 0.717) is 23.5 Å². The Morgan fingerprint density at radius 3 is 2.10 bits per heavy atom. The minimum atomic E-state index is -1.09. The van der Waals surface area contributed by atoms with Crippen molar-refractivity contribution in [3.05, 3.63) is 58.4 Å². The number of hydrogen-bond acceptors (Lipinski definition) is 4. The third kappa shape index (κ3) is 4.07. The van der Waals surface area contributed by atoms with Crippen molar-refractivity contribution in [3.8, 4) is 11.5 Å². The van der Waals surface area contributed by atoms with E-state index in [1.165, 1.54) is 18.2 Å². The van der Waals surface area contributed by atoms with Crippen molar-refractivity contribution in [1.82, 2.24) is 0 Å². The van der Waals surface area contributed by atoms with Crippen molar-refractivity contribution in [3.63, 3.8) is 0 Å². The standard InChI is InChI=1S/C23H24ClFO4/c1-6-13-7-8-14(28-15-9-10-18(25)17(24)12-15)11-16(13)19-20(26)22(2,3)29-23(4,5)21(19)27/h7-12,19H,6H2,1-5H3. The molecule has 1 aliphatic rings. The van der Waals surface area contributed by atoms with E-state index in [2.05, 4.69) is 0 Å². The first-order valence-corrected chi connectivity index (χ1v) is 9.88. The Bertz CT molecular complexity index is 955. The molecule has 1 aliphatic heterocycles. The smallest absolute Gasteiger partial charge is 0.179 e. The molecule has 0 aliphatic carbocycles. The van der Waals surface area contributed by atoms with E-state index in [1.54, 1.807) is 39.8 Å². The number of aryl methyl sites for hydroxylation is 1. The van der Waals surface area contributed by atoms with Gasteiger partial charge in [-0.05, 0) is 69.5 Å². The van der Waals surface area contributed by atoms with E-state index in [1.807, 2.05) is 13.0 Å². The average molecular weight is 419 g/mol. The molecular weight excluding hydrogens is 395 g/mol. The molecule has 0 saturated carbocycles. The summed E-state index contributed by atoms with van der Waals surface area (Å²) < 4.78 is 25.0. The summed E-state index contributed by atoms with van der Waals surface area (Å²) in [5, 5.41) is -0.0498. The molecule has 0 aromatic heterocycles. The van der Waals surface area contributed by atoms with Gasteiger partial charge < -0.3 is 9.47 Å². The highest BCUT2D eigenvalue weighted by Crippen LogP contribution is 2.41. The van der Waals surface area contributed by atoms with Gasteiger partial charge >= 0.3 is 0 Å². The Balaban J connectivity index is 2.05. The zero-order chi connectivity index (χ0) is 21.6. The number of Topliss-reactive ketones (excluding diaryl/α,β-unsaturated/α-hetero) is 2. The zero-order valence-electron chi connectivity index (χ0n) is 17.1. The average Bonchev–Trinajstić information content (AvgIpc) is 2.63. The molecule has 0 spiro atoms. The van der Waals surface area contributed by atoms with Gasteiger partial charge in [-0.25, -0.2) is 4.39 Å². The molecule has 0 atom stereocenters. The van der Waals surface area contributed by atoms with Crippen LogP contribution in [0.25, 0.3) is 0 Å². The van der Waals surface area contributed by atoms with Gasteiger partial charge in [-0.1, -0.05) is 24.6 Å². The second-order valence-electron chi connectivity index (χ2n) is 8.18.